The minimum absolute atomic E-state index is 0.836. The SMILES string of the molecule is Cc1cccc(C)c1-c1cccc(CNc2cccc3c2C=CC3)c1. The minimum Gasteiger partial charge on any atom is -0.380 e. The summed E-state index contributed by atoms with van der Waals surface area (Å²) in [5.41, 5.74) is 10.6. The van der Waals surface area contributed by atoms with E-state index in [9.17, 15) is 0 Å². The fraction of sp³-hybridized carbons (Fsp3) is 0.167. The van der Waals surface area contributed by atoms with Crippen LogP contribution in [0.1, 0.15) is 27.8 Å². The maximum atomic E-state index is 3.62. The van der Waals surface area contributed by atoms with Crippen molar-refractivity contribution in [2.75, 3.05) is 5.32 Å². The summed E-state index contributed by atoms with van der Waals surface area (Å²) in [5.74, 6) is 0. The third-order valence-electron chi connectivity index (χ3n) is 5.00. The molecule has 1 aliphatic carbocycles. The van der Waals surface area contributed by atoms with Crippen LogP contribution < -0.4 is 5.32 Å². The molecule has 1 N–H and O–H groups in total. The van der Waals surface area contributed by atoms with Gasteiger partial charge in [0.25, 0.3) is 0 Å². The van der Waals surface area contributed by atoms with Gasteiger partial charge in [-0.1, -0.05) is 60.7 Å². The van der Waals surface area contributed by atoms with Crippen molar-refractivity contribution >= 4 is 11.8 Å². The van der Waals surface area contributed by atoms with Gasteiger partial charge in [0.1, 0.15) is 0 Å². The fourth-order valence-electron chi connectivity index (χ4n) is 3.75. The molecule has 0 atom stereocenters. The second-order valence-electron chi connectivity index (χ2n) is 6.81. The average molecular weight is 325 g/mol. The molecular weight excluding hydrogens is 302 g/mol. The summed E-state index contributed by atoms with van der Waals surface area (Å²) in [7, 11) is 0. The Bertz CT molecular complexity index is 930. The van der Waals surface area contributed by atoms with Crippen LogP contribution in [0.15, 0.2) is 66.7 Å². The Morgan fingerprint density at radius 2 is 1.64 bits per heavy atom. The summed E-state index contributed by atoms with van der Waals surface area (Å²) >= 11 is 0. The van der Waals surface area contributed by atoms with E-state index in [0.29, 0.717) is 0 Å². The van der Waals surface area contributed by atoms with Crippen LogP contribution in [-0.2, 0) is 13.0 Å². The van der Waals surface area contributed by atoms with E-state index in [-0.39, 0.29) is 0 Å². The first-order valence-electron chi connectivity index (χ1n) is 8.90. The molecule has 0 heterocycles. The summed E-state index contributed by atoms with van der Waals surface area (Å²) in [5, 5.41) is 3.62. The van der Waals surface area contributed by atoms with Crippen LogP contribution in [0.4, 0.5) is 5.69 Å². The van der Waals surface area contributed by atoms with Crippen molar-refractivity contribution in [1.82, 2.24) is 0 Å². The molecule has 0 radical (unpaired) electrons. The number of nitrogens with one attached hydrogen (secondary N) is 1. The molecule has 0 saturated carbocycles. The Balaban J connectivity index is 1.59. The first kappa shape index (κ1) is 15.7. The molecule has 0 fully saturated rings. The van der Waals surface area contributed by atoms with Crippen LogP contribution in [0.3, 0.4) is 0 Å². The first-order chi connectivity index (χ1) is 12.2. The summed E-state index contributed by atoms with van der Waals surface area (Å²) in [6.07, 6.45) is 5.51. The van der Waals surface area contributed by atoms with E-state index in [2.05, 4.69) is 92.0 Å². The Hall–Kier alpha value is -2.80. The number of hydrogen-bond donors (Lipinski definition) is 1. The second-order valence-corrected chi connectivity index (χ2v) is 6.81. The monoisotopic (exact) mass is 325 g/mol. The largest absolute Gasteiger partial charge is 0.380 e. The average Bonchev–Trinajstić information content (AvgIpc) is 3.09. The van der Waals surface area contributed by atoms with Crippen molar-refractivity contribution in [3.05, 3.63) is 94.6 Å². The molecule has 124 valence electrons. The zero-order valence-corrected chi connectivity index (χ0v) is 14.8. The topological polar surface area (TPSA) is 12.0 Å². The lowest BCUT2D eigenvalue weighted by Gasteiger charge is -2.13. The minimum atomic E-state index is 0.836. The Labute approximate surface area is 150 Å². The molecule has 0 amide bonds. The summed E-state index contributed by atoms with van der Waals surface area (Å²) in [4.78, 5) is 0. The maximum absolute atomic E-state index is 3.62. The van der Waals surface area contributed by atoms with E-state index >= 15 is 0 Å². The number of benzene rings is 3. The summed E-state index contributed by atoms with van der Waals surface area (Å²) in [6, 6.07) is 21.9. The number of rotatable bonds is 4. The highest BCUT2D eigenvalue weighted by Crippen LogP contribution is 2.29. The van der Waals surface area contributed by atoms with E-state index in [1.165, 1.54) is 44.6 Å². The van der Waals surface area contributed by atoms with Crippen LogP contribution in [0.2, 0.25) is 0 Å². The zero-order valence-electron chi connectivity index (χ0n) is 14.8. The molecule has 0 saturated heterocycles. The number of aryl methyl sites for hydroxylation is 2. The van der Waals surface area contributed by atoms with E-state index in [0.717, 1.165) is 13.0 Å². The zero-order chi connectivity index (χ0) is 17.2. The molecule has 3 aromatic carbocycles. The molecule has 25 heavy (non-hydrogen) atoms. The number of allylic oxidation sites excluding steroid dienone is 1. The molecule has 4 rings (SSSR count). The molecule has 0 aliphatic heterocycles. The smallest absolute Gasteiger partial charge is 0.0419 e. The highest BCUT2D eigenvalue weighted by atomic mass is 14.9. The van der Waals surface area contributed by atoms with Gasteiger partial charge in [0.05, 0.1) is 0 Å². The molecule has 1 heteroatoms. The van der Waals surface area contributed by atoms with Crippen molar-refractivity contribution < 1.29 is 0 Å². The lowest BCUT2D eigenvalue weighted by atomic mass is 9.94. The molecule has 0 spiro atoms. The normalized spacial score (nSPS) is 12.2. The lowest BCUT2D eigenvalue weighted by Crippen LogP contribution is -2.02. The van der Waals surface area contributed by atoms with Gasteiger partial charge in [-0.25, -0.2) is 0 Å². The van der Waals surface area contributed by atoms with Gasteiger partial charge in [-0.15, -0.1) is 0 Å². The molecular formula is C24H23N. The van der Waals surface area contributed by atoms with Gasteiger partial charge >= 0.3 is 0 Å². The van der Waals surface area contributed by atoms with Crippen LogP contribution in [0, 0.1) is 13.8 Å². The van der Waals surface area contributed by atoms with Crippen LogP contribution in [0.25, 0.3) is 17.2 Å². The summed E-state index contributed by atoms with van der Waals surface area (Å²) < 4.78 is 0. The van der Waals surface area contributed by atoms with Crippen molar-refractivity contribution in [1.29, 1.82) is 0 Å². The van der Waals surface area contributed by atoms with E-state index in [4.69, 9.17) is 0 Å². The van der Waals surface area contributed by atoms with Gasteiger partial charge < -0.3 is 5.32 Å². The van der Waals surface area contributed by atoms with Crippen molar-refractivity contribution in [3.8, 4) is 11.1 Å². The Morgan fingerprint density at radius 1 is 0.880 bits per heavy atom. The van der Waals surface area contributed by atoms with Crippen LogP contribution in [-0.4, -0.2) is 0 Å². The molecule has 3 aromatic rings. The molecule has 1 aliphatic rings. The standard InChI is InChI=1S/C24H23N/c1-17-7-3-8-18(2)24(17)21-12-4-9-19(15-21)16-25-23-14-6-11-20-10-5-13-22(20)23/h3-9,11-15,25H,10,16H2,1-2H3. The van der Waals surface area contributed by atoms with Gasteiger partial charge in [-0.3, -0.25) is 0 Å². The summed E-state index contributed by atoms with van der Waals surface area (Å²) in [6.45, 7) is 5.21. The van der Waals surface area contributed by atoms with E-state index < -0.39 is 0 Å². The van der Waals surface area contributed by atoms with Crippen molar-refractivity contribution in [3.63, 3.8) is 0 Å². The highest BCUT2D eigenvalue weighted by Gasteiger charge is 2.10. The lowest BCUT2D eigenvalue weighted by molar-refractivity contribution is 1.14. The number of hydrogen-bond acceptors (Lipinski definition) is 1. The second kappa shape index (κ2) is 6.60. The van der Waals surface area contributed by atoms with Gasteiger partial charge in [-0.2, -0.15) is 0 Å². The number of anilines is 1. The van der Waals surface area contributed by atoms with Crippen LogP contribution >= 0.6 is 0 Å². The molecule has 0 aromatic heterocycles. The Morgan fingerprint density at radius 3 is 2.48 bits per heavy atom. The van der Waals surface area contributed by atoms with Gasteiger partial charge in [-0.05, 0) is 65.8 Å². The van der Waals surface area contributed by atoms with Gasteiger partial charge in [0, 0.05) is 17.8 Å². The van der Waals surface area contributed by atoms with Crippen molar-refractivity contribution in [2.24, 2.45) is 0 Å². The molecule has 0 unspecified atom stereocenters. The quantitative estimate of drug-likeness (QED) is 0.606. The molecule has 1 nitrogen and oxygen atoms in total. The predicted molar refractivity (Wildman–Crippen MR) is 108 cm³/mol. The van der Waals surface area contributed by atoms with Crippen LogP contribution in [0.5, 0.6) is 0 Å². The first-order valence-corrected chi connectivity index (χ1v) is 8.90. The van der Waals surface area contributed by atoms with Crippen molar-refractivity contribution in [2.45, 2.75) is 26.8 Å². The van der Waals surface area contributed by atoms with Gasteiger partial charge in [0.2, 0.25) is 0 Å². The van der Waals surface area contributed by atoms with Gasteiger partial charge in [0.15, 0.2) is 0 Å². The third-order valence-corrected chi connectivity index (χ3v) is 5.00. The van der Waals surface area contributed by atoms with E-state index in [1.807, 2.05) is 0 Å². The van der Waals surface area contributed by atoms with E-state index in [1.54, 1.807) is 0 Å². The predicted octanol–water partition coefficient (Wildman–Crippen LogP) is 6.15. The third kappa shape index (κ3) is 3.10. The maximum Gasteiger partial charge on any atom is 0.0419 e. The molecule has 0 bridgehead atoms. The number of fused-ring (bicyclic) bond motifs is 1. The highest BCUT2D eigenvalue weighted by molar-refractivity contribution is 5.74. The Kier molecular flexibility index (Phi) is 4.15. The fourth-order valence-corrected chi connectivity index (χ4v) is 3.75.